The second-order valence-electron chi connectivity index (χ2n) is 4.15. The van der Waals surface area contributed by atoms with Gasteiger partial charge in [0.05, 0.1) is 0 Å². The first kappa shape index (κ1) is 12.2. The van der Waals surface area contributed by atoms with Crippen LogP contribution in [0.1, 0.15) is 24.2 Å². The number of ether oxygens (including phenoxy) is 3. The second kappa shape index (κ2) is 4.56. The first-order valence-electron chi connectivity index (χ1n) is 5.35. The van der Waals surface area contributed by atoms with Gasteiger partial charge in [0, 0.05) is 20.0 Å². The average Bonchev–Trinajstić information content (AvgIpc) is 2.66. The number of rotatable bonds is 4. The van der Waals surface area contributed by atoms with Gasteiger partial charge in [0.2, 0.25) is 11.7 Å². The Hall–Kier alpha value is -2.24. The summed E-state index contributed by atoms with van der Waals surface area (Å²) in [5.41, 5.74) is 0.0104. The summed E-state index contributed by atoms with van der Waals surface area (Å²) in [5, 5.41) is 8.95. The minimum Gasteiger partial charge on any atom is -0.477 e. The van der Waals surface area contributed by atoms with Crippen LogP contribution in [0.2, 0.25) is 0 Å². The molecule has 96 valence electrons. The zero-order valence-electron chi connectivity index (χ0n) is 10.0. The summed E-state index contributed by atoms with van der Waals surface area (Å²) >= 11 is 0. The largest absolute Gasteiger partial charge is 0.477 e. The smallest absolute Gasteiger partial charge is 0.341 e. The third-order valence-corrected chi connectivity index (χ3v) is 2.20. The van der Waals surface area contributed by atoms with Gasteiger partial charge in [0.25, 0.3) is 0 Å². The molecule has 0 bridgehead atoms. The highest BCUT2D eigenvalue weighted by molar-refractivity contribution is 5.90. The number of aromatic nitrogens is 1. The van der Waals surface area contributed by atoms with Gasteiger partial charge in [0.1, 0.15) is 11.8 Å². The standard InChI is InChI=1S/C12H13NO5/c1-12(2)17-7-8(18-12)6-16-10-9(11(14)15)4-3-5-13-10/h3-5,7H,6H2,1-2H3,(H,14,15). The molecular weight excluding hydrogens is 238 g/mol. The number of nitrogens with zero attached hydrogens (tertiary/aromatic N) is 1. The Labute approximate surface area is 104 Å². The number of hydrogen-bond donors (Lipinski definition) is 1. The fraction of sp³-hybridized carbons (Fsp3) is 0.333. The molecule has 1 aliphatic rings. The van der Waals surface area contributed by atoms with Crippen molar-refractivity contribution in [2.45, 2.75) is 19.6 Å². The van der Waals surface area contributed by atoms with Crippen molar-refractivity contribution in [2.24, 2.45) is 0 Å². The van der Waals surface area contributed by atoms with E-state index in [1.165, 1.54) is 24.6 Å². The summed E-state index contributed by atoms with van der Waals surface area (Å²) in [4.78, 5) is 14.8. The molecule has 2 rings (SSSR count). The predicted molar refractivity (Wildman–Crippen MR) is 61.0 cm³/mol. The topological polar surface area (TPSA) is 77.9 Å². The van der Waals surface area contributed by atoms with Crippen LogP contribution in [-0.4, -0.2) is 28.5 Å². The van der Waals surface area contributed by atoms with E-state index in [0.29, 0.717) is 5.76 Å². The summed E-state index contributed by atoms with van der Waals surface area (Å²) < 4.78 is 15.9. The Balaban J connectivity index is 2.01. The number of carbonyl (C=O) groups is 1. The van der Waals surface area contributed by atoms with Crippen molar-refractivity contribution in [3.8, 4) is 5.88 Å². The number of carboxylic acids is 1. The predicted octanol–water partition coefficient (Wildman–Crippen LogP) is 1.78. The zero-order valence-corrected chi connectivity index (χ0v) is 10.0. The average molecular weight is 251 g/mol. The first-order chi connectivity index (χ1) is 8.48. The van der Waals surface area contributed by atoms with Crippen molar-refractivity contribution < 1.29 is 24.1 Å². The molecule has 6 heteroatoms. The van der Waals surface area contributed by atoms with Crippen LogP contribution >= 0.6 is 0 Å². The maximum Gasteiger partial charge on any atom is 0.341 e. The molecule has 0 spiro atoms. The van der Waals surface area contributed by atoms with Crippen LogP contribution < -0.4 is 4.74 Å². The van der Waals surface area contributed by atoms with Gasteiger partial charge in [-0.1, -0.05) is 0 Å². The lowest BCUT2D eigenvalue weighted by Gasteiger charge is -2.18. The molecular formula is C12H13NO5. The van der Waals surface area contributed by atoms with Gasteiger partial charge in [0.15, 0.2) is 12.4 Å². The van der Waals surface area contributed by atoms with E-state index in [9.17, 15) is 4.79 Å². The molecule has 0 atom stereocenters. The monoisotopic (exact) mass is 251 g/mol. The minimum absolute atomic E-state index is 0.0104. The fourth-order valence-electron chi connectivity index (χ4n) is 1.44. The molecule has 18 heavy (non-hydrogen) atoms. The SMILES string of the molecule is CC1(C)OC=C(COc2ncccc2C(=O)O)O1. The molecule has 1 aromatic rings. The molecule has 2 heterocycles. The molecule has 0 unspecified atom stereocenters. The maximum atomic E-state index is 10.9. The van der Waals surface area contributed by atoms with Gasteiger partial charge >= 0.3 is 5.97 Å². The third-order valence-electron chi connectivity index (χ3n) is 2.20. The summed E-state index contributed by atoms with van der Waals surface area (Å²) in [6, 6.07) is 2.96. The van der Waals surface area contributed by atoms with E-state index in [1.54, 1.807) is 13.8 Å². The first-order valence-corrected chi connectivity index (χ1v) is 5.35. The summed E-state index contributed by atoms with van der Waals surface area (Å²) in [5.74, 6) is -1.25. The van der Waals surface area contributed by atoms with Crippen molar-refractivity contribution in [3.63, 3.8) is 0 Å². The van der Waals surface area contributed by atoms with Crippen LogP contribution in [0, 0.1) is 0 Å². The lowest BCUT2D eigenvalue weighted by molar-refractivity contribution is -0.119. The zero-order chi connectivity index (χ0) is 13.2. The van der Waals surface area contributed by atoms with Crippen LogP contribution in [0.15, 0.2) is 30.4 Å². The van der Waals surface area contributed by atoms with Crippen LogP contribution in [0.3, 0.4) is 0 Å². The molecule has 1 aliphatic heterocycles. The highest BCUT2D eigenvalue weighted by atomic mass is 16.7. The van der Waals surface area contributed by atoms with Gasteiger partial charge in [-0.2, -0.15) is 0 Å². The molecule has 0 saturated carbocycles. The van der Waals surface area contributed by atoms with E-state index in [0.717, 1.165) is 0 Å². The molecule has 1 N–H and O–H groups in total. The van der Waals surface area contributed by atoms with E-state index in [-0.39, 0.29) is 18.1 Å². The van der Waals surface area contributed by atoms with Crippen LogP contribution in [0.25, 0.3) is 0 Å². The normalized spacial score (nSPS) is 16.4. The van der Waals surface area contributed by atoms with Crippen molar-refractivity contribution in [1.29, 1.82) is 0 Å². The van der Waals surface area contributed by atoms with Gasteiger partial charge in [-0.05, 0) is 12.1 Å². The van der Waals surface area contributed by atoms with E-state index in [1.807, 2.05) is 0 Å². The summed E-state index contributed by atoms with van der Waals surface area (Å²) in [6.07, 6.45) is 2.91. The van der Waals surface area contributed by atoms with Gasteiger partial charge in [-0.25, -0.2) is 9.78 Å². The van der Waals surface area contributed by atoms with Gasteiger partial charge in [-0.3, -0.25) is 0 Å². The Morgan fingerprint density at radius 1 is 1.56 bits per heavy atom. The number of carboxylic acid groups (broad SMARTS) is 1. The molecule has 6 nitrogen and oxygen atoms in total. The quantitative estimate of drug-likeness (QED) is 0.878. The van der Waals surface area contributed by atoms with E-state index >= 15 is 0 Å². The van der Waals surface area contributed by atoms with E-state index in [2.05, 4.69) is 4.98 Å². The Bertz CT molecular complexity index is 495. The van der Waals surface area contributed by atoms with Crippen molar-refractivity contribution in [3.05, 3.63) is 35.9 Å². The number of pyridine rings is 1. The lowest BCUT2D eigenvalue weighted by atomic mass is 10.3. The highest BCUT2D eigenvalue weighted by Crippen LogP contribution is 2.25. The molecule has 0 amide bonds. The van der Waals surface area contributed by atoms with Gasteiger partial charge in [-0.15, -0.1) is 0 Å². The third kappa shape index (κ3) is 2.71. The molecule has 0 saturated heterocycles. The Morgan fingerprint density at radius 2 is 2.33 bits per heavy atom. The molecule has 1 aromatic heterocycles. The van der Waals surface area contributed by atoms with Crippen LogP contribution in [0.5, 0.6) is 5.88 Å². The van der Waals surface area contributed by atoms with Crippen molar-refractivity contribution >= 4 is 5.97 Å². The van der Waals surface area contributed by atoms with Gasteiger partial charge < -0.3 is 19.3 Å². The Kier molecular flexibility index (Phi) is 3.10. The minimum atomic E-state index is -1.09. The van der Waals surface area contributed by atoms with Crippen LogP contribution in [-0.2, 0) is 9.47 Å². The number of hydrogen-bond acceptors (Lipinski definition) is 5. The Morgan fingerprint density at radius 3 is 2.94 bits per heavy atom. The van der Waals surface area contributed by atoms with Crippen molar-refractivity contribution in [2.75, 3.05) is 6.61 Å². The van der Waals surface area contributed by atoms with E-state index < -0.39 is 11.8 Å². The lowest BCUT2D eigenvalue weighted by Crippen LogP contribution is -2.21. The van der Waals surface area contributed by atoms with Crippen molar-refractivity contribution in [1.82, 2.24) is 4.98 Å². The highest BCUT2D eigenvalue weighted by Gasteiger charge is 2.28. The molecule has 0 radical (unpaired) electrons. The fourth-order valence-corrected chi connectivity index (χ4v) is 1.44. The summed E-state index contributed by atoms with van der Waals surface area (Å²) in [6.45, 7) is 3.60. The molecule has 0 aliphatic carbocycles. The van der Waals surface area contributed by atoms with Crippen LogP contribution in [0.4, 0.5) is 0 Å². The molecule has 0 aromatic carbocycles. The molecule has 0 fully saturated rings. The van der Waals surface area contributed by atoms with E-state index in [4.69, 9.17) is 19.3 Å². The maximum absolute atomic E-state index is 10.9. The number of aromatic carboxylic acids is 1. The second-order valence-corrected chi connectivity index (χ2v) is 4.15. The summed E-state index contributed by atoms with van der Waals surface area (Å²) in [7, 11) is 0.